The predicted octanol–water partition coefficient (Wildman–Crippen LogP) is -2.97. The molecule has 0 saturated carbocycles. The van der Waals surface area contributed by atoms with E-state index in [0.29, 0.717) is 0 Å². The standard InChI is InChI=1S/C18H15O6PS2.K.2H2O/c19-26(20,21)17-10-6-15(7-11-17)25(14-4-2-1-3-5-14)16-8-12-18(13-9-16)27(22,23)24;;;/h1-13H,(H,19,20,21)(H,22,23,24);;2*1H2/q;+1;;/p+1. The van der Waals surface area contributed by atoms with E-state index in [1.807, 2.05) is 30.3 Å². The molecule has 3 aromatic rings. The van der Waals surface area contributed by atoms with Crippen molar-refractivity contribution in [1.29, 1.82) is 0 Å². The number of hydrogen-bond donors (Lipinski definition) is 2. The summed E-state index contributed by atoms with van der Waals surface area (Å²) in [6.45, 7) is 0. The third-order valence-electron chi connectivity index (χ3n) is 3.94. The SMILES string of the molecule is O.O.O=S(=O)(O)c1ccc([PH+](c2ccccc2)c2ccc(S(=O)(=O)O)cc2)cc1.[K+]. The van der Waals surface area contributed by atoms with Gasteiger partial charge in [0.05, 0.1) is 17.7 Å². The van der Waals surface area contributed by atoms with E-state index in [0.717, 1.165) is 15.9 Å². The van der Waals surface area contributed by atoms with Crippen molar-refractivity contribution in [3.05, 3.63) is 78.9 Å². The monoisotopic (exact) mass is 498 g/mol. The number of benzene rings is 3. The summed E-state index contributed by atoms with van der Waals surface area (Å²) in [6.07, 6.45) is 0. The third kappa shape index (κ3) is 7.26. The fraction of sp³-hybridized carbons (Fsp3) is 0. The Morgan fingerprint density at radius 3 is 1.13 bits per heavy atom. The molecule has 0 aliphatic rings. The molecule has 0 spiro atoms. The molecular weight excluding hydrogens is 478 g/mol. The van der Waals surface area contributed by atoms with Crippen LogP contribution in [0, 0.1) is 0 Å². The minimum atomic E-state index is -4.28. The van der Waals surface area contributed by atoms with Crippen LogP contribution >= 0.6 is 7.92 Å². The first-order valence-electron chi connectivity index (χ1n) is 7.74. The van der Waals surface area contributed by atoms with Crippen molar-refractivity contribution in [2.75, 3.05) is 0 Å². The van der Waals surface area contributed by atoms with Crippen molar-refractivity contribution in [2.24, 2.45) is 0 Å². The minimum Gasteiger partial charge on any atom is -0.412 e. The van der Waals surface area contributed by atoms with Crippen LogP contribution in [0.3, 0.4) is 0 Å². The van der Waals surface area contributed by atoms with Crippen LogP contribution in [0.5, 0.6) is 0 Å². The largest absolute Gasteiger partial charge is 1.00 e. The summed E-state index contributed by atoms with van der Waals surface area (Å²) in [4.78, 5) is -0.384. The van der Waals surface area contributed by atoms with Gasteiger partial charge in [-0.15, -0.1) is 0 Å². The summed E-state index contributed by atoms with van der Waals surface area (Å²) < 4.78 is 63.4. The third-order valence-corrected chi connectivity index (χ3v) is 8.41. The van der Waals surface area contributed by atoms with Gasteiger partial charge in [-0.25, -0.2) is 0 Å². The molecule has 0 aromatic heterocycles. The van der Waals surface area contributed by atoms with Gasteiger partial charge in [0, 0.05) is 0 Å². The van der Waals surface area contributed by atoms with Gasteiger partial charge in [0.25, 0.3) is 20.2 Å². The molecule has 0 heterocycles. The summed E-state index contributed by atoms with van der Waals surface area (Å²) in [5, 5.41) is 2.73. The van der Waals surface area contributed by atoms with E-state index >= 15 is 0 Å². The van der Waals surface area contributed by atoms with E-state index in [4.69, 9.17) is 9.11 Å². The molecule has 30 heavy (non-hydrogen) atoms. The Kier molecular flexibility index (Phi) is 11.7. The van der Waals surface area contributed by atoms with E-state index in [1.54, 1.807) is 24.3 Å². The Bertz CT molecular complexity index is 1080. The van der Waals surface area contributed by atoms with E-state index in [1.165, 1.54) is 24.3 Å². The fourth-order valence-corrected chi connectivity index (χ4v) is 6.18. The van der Waals surface area contributed by atoms with Gasteiger partial charge in [-0.05, 0) is 60.7 Å². The van der Waals surface area contributed by atoms with Gasteiger partial charge in [0.2, 0.25) is 0 Å². The van der Waals surface area contributed by atoms with Crippen LogP contribution < -0.4 is 67.3 Å². The zero-order chi connectivity index (χ0) is 19.7. The topological polar surface area (TPSA) is 172 Å². The van der Waals surface area contributed by atoms with Crippen molar-refractivity contribution in [2.45, 2.75) is 9.79 Å². The van der Waals surface area contributed by atoms with Crippen LogP contribution in [0.15, 0.2) is 88.7 Å². The first-order chi connectivity index (χ1) is 12.7. The fourth-order valence-electron chi connectivity index (χ4n) is 2.69. The van der Waals surface area contributed by atoms with Crippen LogP contribution in [0.4, 0.5) is 0 Å². The number of hydrogen-bond acceptors (Lipinski definition) is 4. The van der Waals surface area contributed by atoms with Crippen molar-refractivity contribution < 1.29 is 88.3 Å². The Balaban J connectivity index is 0.00000280. The second-order valence-electron chi connectivity index (χ2n) is 5.74. The molecule has 6 N–H and O–H groups in total. The Hall–Kier alpha value is -0.534. The van der Waals surface area contributed by atoms with Gasteiger partial charge in [0.1, 0.15) is 15.9 Å². The zero-order valence-corrected chi connectivity index (χ0v) is 21.6. The van der Waals surface area contributed by atoms with Crippen molar-refractivity contribution >= 4 is 44.1 Å². The van der Waals surface area contributed by atoms with Crippen LogP contribution in [-0.4, -0.2) is 36.9 Å². The molecule has 8 nitrogen and oxygen atoms in total. The summed E-state index contributed by atoms with van der Waals surface area (Å²) in [5.74, 6) is 0. The molecule has 0 saturated heterocycles. The van der Waals surface area contributed by atoms with Crippen LogP contribution in [0.1, 0.15) is 0 Å². The van der Waals surface area contributed by atoms with Crippen LogP contribution in [0.2, 0.25) is 0 Å². The predicted molar refractivity (Wildman–Crippen MR) is 113 cm³/mol. The average Bonchev–Trinajstić information content (AvgIpc) is 2.62. The molecule has 0 unspecified atom stereocenters. The summed E-state index contributed by atoms with van der Waals surface area (Å²) >= 11 is 0. The van der Waals surface area contributed by atoms with Gasteiger partial charge in [-0.2, -0.15) is 16.8 Å². The van der Waals surface area contributed by atoms with Crippen LogP contribution in [-0.2, 0) is 20.2 Å². The average molecular weight is 499 g/mol. The second kappa shape index (κ2) is 11.9. The van der Waals surface area contributed by atoms with Crippen LogP contribution in [0.25, 0.3) is 0 Å². The molecule has 0 aliphatic heterocycles. The molecule has 0 fully saturated rings. The molecule has 0 bridgehead atoms. The maximum Gasteiger partial charge on any atom is 1.00 e. The molecule has 0 amide bonds. The Labute approximate surface area is 218 Å². The van der Waals surface area contributed by atoms with Crippen molar-refractivity contribution in [1.82, 2.24) is 0 Å². The first-order valence-corrected chi connectivity index (χ1v) is 12.1. The van der Waals surface area contributed by atoms with Gasteiger partial charge in [0.15, 0.2) is 0 Å². The van der Waals surface area contributed by atoms with E-state index in [2.05, 4.69) is 0 Å². The molecule has 3 aromatic carbocycles. The van der Waals surface area contributed by atoms with Crippen molar-refractivity contribution in [3.63, 3.8) is 0 Å². The normalized spacial score (nSPS) is 11.0. The van der Waals surface area contributed by atoms with E-state index in [-0.39, 0.29) is 72.1 Å². The Morgan fingerprint density at radius 1 is 0.533 bits per heavy atom. The van der Waals surface area contributed by atoms with Gasteiger partial charge < -0.3 is 11.0 Å². The van der Waals surface area contributed by atoms with Crippen molar-refractivity contribution in [3.8, 4) is 0 Å². The molecule has 3 rings (SSSR count). The second-order valence-corrected chi connectivity index (χ2v) is 11.1. The molecule has 0 radical (unpaired) electrons. The molecule has 156 valence electrons. The molecule has 0 atom stereocenters. The van der Waals surface area contributed by atoms with E-state index < -0.39 is 28.2 Å². The van der Waals surface area contributed by atoms with Gasteiger partial charge in [-0.1, -0.05) is 18.2 Å². The van der Waals surface area contributed by atoms with Gasteiger partial charge >= 0.3 is 51.4 Å². The summed E-state index contributed by atoms with van der Waals surface area (Å²) in [5.41, 5.74) is 0. The summed E-state index contributed by atoms with van der Waals surface area (Å²) in [7, 11) is -10.1. The zero-order valence-electron chi connectivity index (χ0n) is 15.8. The molecular formula is C18H20KO8PS2+2. The molecule has 0 aliphatic carbocycles. The minimum absolute atomic E-state index is 0. The maximum absolute atomic E-state index is 11.3. The van der Waals surface area contributed by atoms with E-state index in [9.17, 15) is 16.8 Å². The summed E-state index contributed by atoms with van der Waals surface area (Å²) in [6, 6.07) is 21.5. The maximum atomic E-state index is 11.3. The quantitative estimate of drug-likeness (QED) is 0.216. The number of rotatable bonds is 5. The first kappa shape index (κ1) is 29.5. The van der Waals surface area contributed by atoms with Gasteiger partial charge in [-0.3, -0.25) is 9.11 Å². The molecule has 12 heteroatoms. The Morgan fingerprint density at radius 2 is 0.833 bits per heavy atom. The smallest absolute Gasteiger partial charge is 0.412 e.